The average molecular weight is 591 g/mol. The molecule has 0 saturated heterocycles. The zero-order chi connectivity index (χ0) is 31.1. The summed E-state index contributed by atoms with van der Waals surface area (Å²) >= 11 is 0. The lowest BCUT2D eigenvalue weighted by Crippen LogP contribution is -3.00. The minimum Gasteiger partial charge on any atom is -1.00 e. The van der Waals surface area contributed by atoms with E-state index in [1.54, 1.807) is 18.2 Å². The maximum Gasteiger partial charge on any atom is 0.762 e. The highest BCUT2D eigenvalue weighted by atomic mass is 32.2. The number of aryl methyl sites for hydroxylation is 1. The Morgan fingerprint density at radius 1 is 1.00 bits per heavy atom. The standard InChI is InChI=1S/C8H20N.C7H8O3S.C6H4N3O2.C3H3N.BF3.FH/c1-5-9(6-2,7-3)8-4;1-6-2-4-7(5-3-6)11(8,9)10;7-8-5-1-3-6(4-2-5)9(10)11;1-2-3-4;2-1(3)4;/h5-8H2,1-4H3;2-5H,1H3,(H,8,9,10);1-4H;2H,1H2;;1H/q+1;;+1;;;/p-2. The lowest BCUT2D eigenvalue weighted by molar-refractivity contribution is -0.921. The number of rotatable bonds is 6. The van der Waals surface area contributed by atoms with E-state index in [1.807, 2.05) is 6.92 Å². The Hall–Kier alpha value is -3.86. The lowest BCUT2D eigenvalue weighted by Gasteiger charge is -2.34. The monoisotopic (exact) mass is 591 g/mol. The van der Waals surface area contributed by atoms with E-state index in [0.29, 0.717) is 5.69 Å². The quantitative estimate of drug-likeness (QED) is 0.0729. The Morgan fingerprint density at radius 2 is 1.35 bits per heavy atom. The molecule has 0 aromatic heterocycles. The molecule has 0 bridgehead atoms. The number of nitro benzene ring substituents is 1. The molecule has 0 saturated carbocycles. The summed E-state index contributed by atoms with van der Waals surface area (Å²) in [5.41, 5.74) is 1.21. The summed E-state index contributed by atoms with van der Waals surface area (Å²) in [6, 6.07) is 12.7. The summed E-state index contributed by atoms with van der Waals surface area (Å²) < 4.78 is 61.4. The van der Waals surface area contributed by atoms with E-state index in [4.69, 9.17) is 10.7 Å². The van der Waals surface area contributed by atoms with Gasteiger partial charge in [0.15, 0.2) is 4.98 Å². The smallest absolute Gasteiger partial charge is 0.762 e. The first-order valence-corrected chi connectivity index (χ1v) is 12.9. The van der Waals surface area contributed by atoms with Gasteiger partial charge in [0.25, 0.3) is 5.69 Å². The van der Waals surface area contributed by atoms with E-state index < -0.39 is 22.6 Å². The van der Waals surface area contributed by atoms with Crippen molar-refractivity contribution in [3.05, 3.63) is 81.8 Å². The molecule has 16 heteroatoms. The third kappa shape index (κ3) is 22.2. The molecule has 0 amide bonds. The molecule has 0 heterocycles. The zero-order valence-electron chi connectivity index (χ0n) is 23.0. The number of quaternary nitrogens is 1. The number of hydrogen-bond acceptors (Lipinski definition) is 7. The van der Waals surface area contributed by atoms with Gasteiger partial charge in [-0.2, -0.15) is 5.26 Å². The number of hydrogen-bond donors (Lipinski definition) is 0. The maximum atomic E-state index is 10.4. The molecule has 2 aromatic carbocycles. The van der Waals surface area contributed by atoms with Crippen LogP contribution in [0.3, 0.4) is 0 Å². The van der Waals surface area contributed by atoms with Crippen LogP contribution in [0, 0.1) is 33.8 Å². The predicted molar refractivity (Wildman–Crippen MR) is 144 cm³/mol. The van der Waals surface area contributed by atoms with E-state index in [0.717, 1.165) is 5.56 Å². The van der Waals surface area contributed by atoms with Gasteiger partial charge in [0, 0.05) is 30.3 Å². The van der Waals surface area contributed by atoms with E-state index in [9.17, 15) is 36.0 Å². The average Bonchev–Trinajstić information content (AvgIpc) is 2.90. The highest BCUT2D eigenvalue weighted by Gasteiger charge is 2.16. The van der Waals surface area contributed by atoms with Crippen LogP contribution in [0.25, 0.3) is 4.98 Å². The predicted octanol–water partition coefficient (Wildman–Crippen LogP) is 3.44. The van der Waals surface area contributed by atoms with Crippen LogP contribution in [-0.4, -0.2) is 56.1 Å². The van der Waals surface area contributed by atoms with Gasteiger partial charge < -0.3 is 13.7 Å². The molecule has 0 aliphatic heterocycles. The fourth-order valence-electron chi connectivity index (χ4n) is 2.69. The molecule has 0 atom stereocenters. The molecule has 40 heavy (non-hydrogen) atoms. The zero-order valence-corrected chi connectivity index (χ0v) is 23.8. The van der Waals surface area contributed by atoms with Crippen LogP contribution >= 0.6 is 0 Å². The van der Waals surface area contributed by atoms with Crippen LogP contribution in [-0.2, 0) is 10.1 Å². The summed E-state index contributed by atoms with van der Waals surface area (Å²) in [6.07, 6.45) is 1.18. The van der Waals surface area contributed by atoms with Crippen LogP contribution in [0.1, 0.15) is 33.3 Å². The van der Waals surface area contributed by atoms with E-state index in [-0.39, 0.29) is 15.3 Å². The SMILES string of the molecule is C=CC#N.CC[N+](CC)(CC)CC.Cc1ccc(S(=O)(=O)[O-])cc1.FB(F)F.N#[N+]c1ccc([N+](=O)[O-])cc1.[F-]. The largest absolute Gasteiger partial charge is 1.00 e. The second-order valence-electron chi connectivity index (χ2n) is 7.33. The van der Waals surface area contributed by atoms with Crippen molar-refractivity contribution in [1.29, 1.82) is 10.7 Å². The van der Waals surface area contributed by atoms with Crippen molar-refractivity contribution in [3.63, 3.8) is 0 Å². The van der Waals surface area contributed by atoms with Gasteiger partial charge in [-0.1, -0.05) is 24.3 Å². The van der Waals surface area contributed by atoms with Crippen molar-refractivity contribution in [3.8, 4) is 6.07 Å². The molecule has 0 aliphatic carbocycles. The Balaban J connectivity index is -0.000000213. The van der Waals surface area contributed by atoms with Crippen LogP contribution < -0.4 is 4.70 Å². The van der Waals surface area contributed by atoms with E-state index >= 15 is 0 Å². The topological polar surface area (TPSA) is 152 Å². The molecule has 0 radical (unpaired) electrons. The molecule has 2 rings (SSSR count). The fourth-order valence-corrected chi connectivity index (χ4v) is 3.16. The summed E-state index contributed by atoms with van der Waals surface area (Å²) in [7, 11) is -7.94. The number of non-ortho nitro benzene ring substituents is 1. The van der Waals surface area contributed by atoms with Crippen molar-refractivity contribution in [1.82, 2.24) is 0 Å². The van der Waals surface area contributed by atoms with Gasteiger partial charge in [0.05, 0.1) is 42.1 Å². The van der Waals surface area contributed by atoms with Gasteiger partial charge in [-0.05, 0) is 46.8 Å². The third-order valence-corrected chi connectivity index (χ3v) is 6.11. The summed E-state index contributed by atoms with van der Waals surface area (Å²) in [4.78, 5) is 12.3. The van der Waals surface area contributed by atoms with Crippen LogP contribution in [0.15, 0.2) is 66.1 Å². The highest BCUT2D eigenvalue weighted by Crippen LogP contribution is 2.17. The number of diazo groups is 1. The highest BCUT2D eigenvalue weighted by molar-refractivity contribution is 7.85. The van der Waals surface area contributed by atoms with Crippen molar-refractivity contribution in [2.45, 2.75) is 39.5 Å². The van der Waals surface area contributed by atoms with Crippen molar-refractivity contribution < 1.29 is 40.0 Å². The van der Waals surface area contributed by atoms with E-state index in [1.165, 1.54) is 73.1 Å². The van der Waals surface area contributed by atoms with Gasteiger partial charge in [0.1, 0.15) is 10.1 Å². The van der Waals surface area contributed by atoms with Crippen LogP contribution in [0.2, 0.25) is 0 Å². The van der Waals surface area contributed by atoms with Gasteiger partial charge in [-0.3, -0.25) is 23.1 Å². The Labute approximate surface area is 233 Å². The third-order valence-electron chi connectivity index (χ3n) is 5.26. The minimum absolute atomic E-state index is 0. The molecule has 0 unspecified atom stereocenters. The number of nitrogens with zero attached hydrogens (tertiary/aromatic N) is 5. The maximum absolute atomic E-state index is 10.4. The summed E-state index contributed by atoms with van der Waals surface area (Å²) in [5, 5.41) is 25.8. The number of benzene rings is 2. The Morgan fingerprint density at radius 3 is 1.55 bits per heavy atom. The number of nitriles is 1. The molecular formula is C24H34BF4N5O5S. The van der Waals surface area contributed by atoms with Crippen molar-refractivity contribution >= 4 is 29.0 Å². The van der Waals surface area contributed by atoms with Gasteiger partial charge in [0.2, 0.25) is 5.39 Å². The first-order chi connectivity index (χ1) is 18.1. The Bertz CT molecular complexity index is 1130. The van der Waals surface area contributed by atoms with Crippen molar-refractivity contribution in [2.75, 3.05) is 26.2 Å². The molecular weight excluding hydrogens is 557 g/mol. The minimum atomic E-state index is -4.27. The van der Waals surface area contributed by atoms with Gasteiger partial charge in [-0.15, -0.1) is 0 Å². The molecule has 10 nitrogen and oxygen atoms in total. The first-order valence-electron chi connectivity index (χ1n) is 11.5. The summed E-state index contributed by atoms with van der Waals surface area (Å²) in [5.74, 6) is 0. The normalized spacial score (nSPS) is 9.28. The second-order valence-corrected chi connectivity index (χ2v) is 8.71. The number of allylic oxidation sites excluding steroid dienone is 1. The molecule has 0 aliphatic rings. The van der Waals surface area contributed by atoms with Gasteiger partial charge in [-0.25, -0.2) is 8.42 Å². The van der Waals surface area contributed by atoms with E-state index in [2.05, 4.69) is 39.2 Å². The molecule has 0 spiro atoms. The summed E-state index contributed by atoms with van der Waals surface area (Å²) in [6.45, 7) is 19.2. The second kappa shape index (κ2) is 24.2. The van der Waals surface area contributed by atoms with Gasteiger partial charge >= 0.3 is 13.2 Å². The lowest BCUT2D eigenvalue weighted by atomic mass is 10.2. The van der Waals surface area contributed by atoms with Crippen molar-refractivity contribution in [2.24, 2.45) is 0 Å². The fraction of sp³-hybridized carbons (Fsp3) is 0.375. The van der Waals surface area contributed by atoms with Crippen LogP contribution in [0.5, 0.6) is 0 Å². The molecule has 2 aromatic rings. The first kappa shape index (κ1) is 43.2. The molecule has 0 fully saturated rings. The number of halogens is 4. The van der Waals surface area contributed by atoms with Crippen LogP contribution in [0.4, 0.5) is 24.3 Å². The Kier molecular flexibility index (Phi) is 26.1. The molecule has 0 N–H and O–H groups in total. The molecule has 222 valence electrons. The number of nitro groups is 1.